The Balaban J connectivity index is 2.59. The van der Waals surface area contributed by atoms with Crippen molar-refractivity contribution in [2.45, 2.75) is 58.1 Å². The first kappa shape index (κ1) is 12.0. The van der Waals surface area contributed by atoms with Crippen molar-refractivity contribution in [3.8, 4) is 0 Å². The van der Waals surface area contributed by atoms with Gasteiger partial charge in [0.2, 0.25) is 0 Å². The first-order chi connectivity index (χ1) is 6.64. The van der Waals surface area contributed by atoms with Gasteiger partial charge in [-0.2, -0.15) is 0 Å². The molecule has 1 N–H and O–H groups in total. The van der Waals surface area contributed by atoms with Crippen LogP contribution in [0.4, 0.5) is 0 Å². The van der Waals surface area contributed by atoms with Crippen molar-refractivity contribution in [3.63, 3.8) is 0 Å². The molecule has 0 aromatic carbocycles. The zero-order valence-electron chi connectivity index (χ0n) is 10.1. The predicted molar refractivity (Wildman–Crippen MR) is 60.5 cm³/mol. The highest BCUT2D eigenvalue weighted by Crippen LogP contribution is 2.33. The average molecular weight is 199 g/mol. The van der Waals surface area contributed by atoms with Gasteiger partial charge in [-0.1, -0.05) is 20.3 Å². The first-order valence-corrected chi connectivity index (χ1v) is 5.95. The van der Waals surface area contributed by atoms with Crippen LogP contribution in [0.15, 0.2) is 0 Å². The van der Waals surface area contributed by atoms with Crippen molar-refractivity contribution in [2.75, 3.05) is 13.7 Å². The van der Waals surface area contributed by atoms with E-state index in [4.69, 9.17) is 4.74 Å². The second kappa shape index (κ2) is 5.13. The van der Waals surface area contributed by atoms with Gasteiger partial charge in [-0.05, 0) is 39.2 Å². The van der Waals surface area contributed by atoms with Gasteiger partial charge in [-0.15, -0.1) is 0 Å². The van der Waals surface area contributed by atoms with Crippen LogP contribution in [0, 0.1) is 5.92 Å². The highest BCUT2D eigenvalue weighted by atomic mass is 16.5. The summed E-state index contributed by atoms with van der Waals surface area (Å²) in [5, 5.41) is 3.44. The van der Waals surface area contributed by atoms with Gasteiger partial charge in [0.1, 0.15) is 0 Å². The van der Waals surface area contributed by atoms with E-state index in [1.54, 1.807) is 0 Å². The summed E-state index contributed by atoms with van der Waals surface area (Å²) in [5.74, 6) is 0.702. The minimum Gasteiger partial charge on any atom is -0.374 e. The van der Waals surface area contributed by atoms with Crippen molar-refractivity contribution >= 4 is 0 Å². The summed E-state index contributed by atoms with van der Waals surface area (Å²) in [7, 11) is 2.06. The Morgan fingerprint density at radius 1 is 1.50 bits per heavy atom. The van der Waals surface area contributed by atoms with E-state index in [9.17, 15) is 0 Å². The smallest absolute Gasteiger partial charge is 0.0810 e. The van der Waals surface area contributed by atoms with E-state index >= 15 is 0 Å². The highest BCUT2D eigenvalue weighted by Gasteiger charge is 2.39. The Labute approximate surface area is 88.4 Å². The molecule has 0 bridgehead atoms. The van der Waals surface area contributed by atoms with Crippen molar-refractivity contribution in [1.29, 1.82) is 0 Å². The number of rotatable bonds is 5. The van der Waals surface area contributed by atoms with Gasteiger partial charge in [-0.25, -0.2) is 0 Å². The standard InChI is InChI=1S/C12H25NO/c1-5-7-10(2)11(13-4)12(3)8-6-9-14-12/h10-11,13H,5-9H2,1-4H3. The molecule has 3 atom stereocenters. The molecule has 3 unspecified atom stereocenters. The second-order valence-electron chi connectivity index (χ2n) is 4.80. The fourth-order valence-electron chi connectivity index (χ4n) is 2.86. The lowest BCUT2D eigenvalue weighted by Crippen LogP contribution is -2.50. The molecule has 0 aromatic rings. The molecular formula is C12H25NO. The molecule has 0 aliphatic carbocycles. The molecule has 1 aliphatic rings. The zero-order valence-corrected chi connectivity index (χ0v) is 10.1. The van der Waals surface area contributed by atoms with Crippen molar-refractivity contribution in [3.05, 3.63) is 0 Å². The third-order valence-corrected chi connectivity index (χ3v) is 3.53. The van der Waals surface area contributed by atoms with Crippen LogP contribution in [0.1, 0.15) is 46.5 Å². The van der Waals surface area contributed by atoms with E-state index < -0.39 is 0 Å². The molecule has 2 nitrogen and oxygen atoms in total. The maximum absolute atomic E-state index is 5.90. The van der Waals surface area contributed by atoms with Crippen LogP contribution >= 0.6 is 0 Å². The number of hydrogen-bond donors (Lipinski definition) is 1. The van der Waals surface area contributed by atoms with Crippen LogP contribution in [0.25, 0.3) is 0 Å². The summed E-state index contributed by atoms with van der Waals surface area (Å²) < 4.78 is 5.90. The maximum atomic E-state index is 5.90. The van der Waals surface area contributed by atoms with E-state index in [-0.39, 0.29) is 5.60 Å². The van der Waals surface area contributed by atoms with Gasteiger partial charge >= 0.3 is 0 Å². The molecule has 14 heavy (non-hydrogen) atoms. The minimum atomic E-state index is 0.0728. The molecule has 0 saturated carbocycles. The Bertz CT molecular complexity index is 164. The largest absolute Gasteiger partial charge is 0.374 e. The van der Waals surface area contributed by atoms with E-state index in [1.165, 1.54) is 25.7 Å². The lowest BCUT2D eigenvalue weighted by atomic mass is 9.82. The topological polar surface area (TPSA) is 21.3 Å². The fourth-order valence-corrected chi connectivity index (χ4v) is 2.86. The number of hydrogen-bond acceptors (Lipinski definition) is 2. The van der Waals surface area contributed by atoms with Crippen LogP contribution in [-0.2, 0) is 4.74 Å². The molecule has 1 heterocycles. The summed E-state index contributed by atoms with van der Waals surface area (Å²) in [5.41, 5.74) is 0.0728. The van der Waals surface area contributed by atoms with Crippen LogP contribution < -0.4 is 5.32 Å². The molecule has 0 spiro atoms. The molecular weight excluding hydrogens is 174 g/mol. The molecule has 1 saturated heterocycles. The minimum absolute atomic E-state index is 0.0728. The SMILES string of the molecule is CCCC(C)C(NC)C1(C)CCCO1. The Morgan fingerprint density at radius 3 is 2.64 bits per heavy atom. The number of nitrogens with one attached hydrogen (secondary N) is 1. The van der Waals surface area contributed by atoms with Crippen LogP contribution in [0.5, 0.6) is 0 Å². The normalized spacial score (nSPS) is 31.7. The summed E-state index contributed by atoms with van der Waals surface area (Å²) >= 11 is 0. The summed E-state index contributed by atoms with van der Waals surface area (Å²) in [6.45, 7) is 7.78. The van der Waals surface area contributed by atoms with Gasteiger partial charge < -0.3 is 10.1 Å². The number of likely N-dealkylation sites (N-methyl/N-ethyl adjacent to an activating group) is 1. The Hall–Kier alpha value is -0.0800. The molecule has 1 rings (SSSR count). The Morgan fingerprint density at radius 2 is 2.21 bits per heavy atom. The molecule has 84 valence electrons. The summed E-state index contributed by atoms with van der Waals surface area (Å²) in [6.07, 6.45) is 4.96. The monoisotopic (exact) mass is 199 g/mol. The maximum Gasteiger partial charge on any atom is 0.0810 e. The van der Waals surface area contributed by atoms with E-state index in [1.807, 2.05) is 0 Å². The fraction of sp³-hybridized carbons (Fsp3) is 1.00. The third kappa shape index (κ3) is 2.48. The molecule has 0 radical (unpaired) electrons. The van der Waals surface area contributed by atoms with Gasteiger partial charge in [0.15, 0.2) is 0 Å². The lowest BCUT2D eigenvalue weighted by Gasteiger charge is -2.37. The lowest BCUT2D eigenvalue weighted by molar-refractivity contribution is -0.0254. The van der Waals surface area contributed by atoms with Gasteiger partial charge in [0.05, 0.1) is 5.60 Å². The van der Waals surface area contributed by atoms with E-state index in [2.05, 4.69) is 33.1 Å². The second-order valence-corrected chi connectivity index (χ2v) is 4.80. The molecule has 0 aromatic heterocycles. The van der Waals surface area contributed by atoms with Crippen LogP contribution in [0.3, 0.4) is 0 Å². The van der Waals surface area contributed by atoms with Gasteiger partial charge in [-0.3, -0.25) is 0 Å². The third-order valence-electron chi connectivity index (χ3n) is 3.53. The van der Waals surface area contributed by atoms with Crippen molar-refractivity contribution < 1.29 is 4.74 Å². The van der Waals surface area contributed by atoms with E-state index in [0.29, 0.717) is 12.0 Å². The highest BCUT2D eigenvalue weighted by molar-refractivity contribution is 4.94. The molecule has 1 aliphatic heterocycles. The van der Waals surface area contributed by atoms with Crippen molar-refractivity contribution in [2.24, 2.45) is 5.92 Å². The summed E-state index contributed by atoms with van der Waals surface area (Å²) in [6, 6.07) is 0.505. The number of ether oxygens (including phenoxy) is 1. The summed E-state index contributed by atoms with van der Waals surface area (Å²) in [4.78, 5) is 0. The molecule has 2 heteroatoms. The van der Waals surface area contributed by atoms with Crippen LogP contribution in [0.2, 0.25) is 0 Å². The zero-order chi connectivity index (χ0) is 10.6. The van der Waals surface area contributed by atoms with Gasteiger partial charge in [0.25, 0.3) is 0 Å². The molecule has 0 amide bonds. The van der Waals surface area contributed by atoms with Gasteiger partial charge in [0, 0.05) is 12.6 Å². The Kier molecular flexibility index (Phi) is 4.39. The van der Waals surface area contributed by atoms with Crippen molar-refractivity contribution in [1.82, 2.24) is 5.32 Å². The molecule has 1 fully saturated rings. The van der Waals surface area contributed by atoms with Crippen LogP contribution in [-0.4, -0.2) is 25.3 Å². The van der Waals surface area contributed by atoms with E-state index in [0.717, 1.165) is 6.61 Å². The first-order valence-electron chi connectivity index (χ1n) is 5.95. The average Bonchev–Trinajstić information content (AvgIpc) is 2.54. The quantitative estimate of drug-likeness (QED) is 0.735. The predicted octanol–water partition coefficient (Wildman–Crippen LogP) is 2.58.